The van der Waals surface area contributed by atoms with E-state index in [4.69, 9.17) is 5.73 Å². The fourth-order valence-electron chi connectivity index (χ4n) is 3.80. The zero-order chi connectivity index (χ0) is 20.0. The number of para-hydroxylation sites is 1. The summed E-state index contributed by atoms with van der Waals surface area (Å²) in [6.45, 7) is 0.593. The van der Waals surface area contributed by atoms with Crippen LogP contribution in [0.5, 0.6) is 0 Å². The van der Waals surface area contributed by atoms with Gasteiger partial charge in [-0.2, -0.15) is 0 Å². The molecule has 6 heteroatoms. The number of carbonyl (C=O) groups excluding carboxylic acids is 1. The van der Waals surface area contributed by atoms with E-state index in [2.05, 4.69) is 17.4 Å². The molecule has 1 aliphatic carbocycles. The molecule has 1 fully saturated rings. The van der Waals surface area contributed by atoms with Crippen LogP contribution in [0.4, 0.5) is 11.4 Å². The van der Waals surface area contributed by atoms with Crippen LogP contribution in [0.25, 0.3) is 10.4 Å². The van der Waals surface area contributed by atoms with E-state index in [1.54, 1.807) is 35.6 Å². The Morgan fingerprint density at radius 2 is 1.93 bits per heavy atom. The number of thiophene rings is 1. The molecule has 2 aromatic carbocycles. The highest BCUT2D eigenvalue weighted by atomic mass is 32.1. The largest absolute Gasteiger partial charge is 0.399 e. The van der Waals surface area contributed by atoms with Crippen molar-refractivity contribution in [2.75, 3.05) is 17.2 Å². The number of rotatable bonds is 4. The Labute approximate surface area is 173 Å². The number of nitrogens with two attached hydrogens (primary N) is 1. The van der Waals surface area contributed by atoms with Gasteiger partial charge in [-0.3, -0.25) is 10.1 Å². The minimum absolute atomic E-state index is 0.0248. The molecule has 2 aliphatic rings. The van der Waals surface area contributed by atoms with Gasteiger partial charge in [-0.1, -0.05) is 18.2 Å². The molecule has 0 spiro atoms. The van der Waals surface area contributed by atoms with Gasteiger partial charge in [-0.05, 0) is 61.2 Å². The first-order valence-corrected chi connectivity index (χ1v) is 10.8. The molecular formula is C23H23N3O2S. The van der Waals surface area contributed by atoms with Crippen LogP contribution in [0.15, 0.2) is 54.6 Å². The van der Waals surface area contributed by atoms with Gasteiger partial charge in [-0.15, -0.1) is 11.3 Å². The molecule has 4 N–H and O–H groups in total. The van der Waals surface area contributed by atoms with Crippen LogP contribution in [0.3, 0.4) is 0 Å². The second-order valence-electron chi connectivity index (χ2n) is 7.69. The number of hydrogen-bond acceptors (Lipinski definition) is 5. The number of carbonyl (C=O) groups is 1. The quantitative estimate of drug-likeness (QED) is 0.454. The molecule has 1 saturated carbocycles. The highest BCUT2D eigenvalue weighted by Crippen LogP contribution is 2.43. The van der Waals surface area contributed by atoms with Crippen LogP contribution < -0.4 is 16.0 Å². The second kappa shape index (κ2) is 7.30. The smallest absolute Gasteiger partial charge is 0.258 e. The van der Waals surface area contributed by atoms with Gasteiger partial charge in [0.05, 0.1) is 5.69 Å². The molecular weight excluding hydrogens is 382 g/mol. The van der Waals surface area contributed by atoms with Crippen molar-refractivity contribution in [3.63, 3.8) is 0 Å². The van der Waals surface area contributed by atoms with Crippen molar-refractivity contribution in [2.45, 2.75) is 31.5 Å². The minimum Gasteiger partial charge on any atom is -0.399 e. The summed E-state index contributed by atoms with van der Waals surface area (Å²) in [6, 6.07) is 17.6. The standard InChI is InChI=1S/C23H23N3O2S/c24-16-7-5-14(6-8-16)23(28)26-12-11-15-13-20(22(27)25-17-9-10-17)29-21(15)18-3-1-2-4-19(18)26/h1-8,13,17,22,25,27H,9-12,24H2. The summed E-state index contributed by atoms with van der Waals surface area (Å²) in [7, 11) is 0. The molecule has 1 unspecified atom stereocenters. The van der Waals surface area contributed by atoms with Crippen LogP contribution in [0.1, 0.15) is 39.9 Å². The Kier molecular flexibility index (Phi) is 4.62. The van der Waals surface area contributed by atoms with Gasteiger partial charge in [-0.25, -0.2) is 0 Å². The van der Waals surface area contributed by atoms with Crippen molar-refractivity contribution in [1.29, 1.82) is 0 Å². The number of aliphatic hydroxyl groups is 1. The van der Waals surface area contributed by atoms with E-state index < -0.39 is 6.23 Å². The maximum absolute atomic E-state index is 13.2. The van der Waals surface area contributed by atoms with Gasteiger partial charge in [0.1, 0.15) is 6.23 Å². The van der Waals surface area contributed by atoms with Gasteiger partial charge >= 0.3 is 0 Å². The number of fused-ring (bicyclic) bond motifs is 3. The average molecular weight is 406 g/mol. The number of nitrogens with one attached hydrogen (secondary N) is 1. The SMILES string of the molecule is Nc1ccc(C(=O)N2CCc3cc(C(O)NC4CC4)sc3-c3ccccc32)cc1. The normalized spacial score (nSPS) is 16.7. The molecule has 5 nitrogen and oxygen atoms in total. The number of benzene rings is 2. The Morgan fingerprint density at radius 3 is 2.69 bits per heavy atom. The molecule has 2 heterocycles. The van der Waals surface area contributed by atoms with Crippen LogP contribution in [-0.4, -0.2) is 23.6 Å². The summed E-state index contributed by atoms with van der Waals surface area (Å²) >= 11 is 1.61. The molecule has 0 radical (unpaired) electrons. The van der Waals surface area contributed by atoms with E-state index >= 15 is 0 Å². The zero-order valence-electron chi connectivity index (χ0n) is 16.0. The molecule has 1 aromatic heterocycles. The lowest BCUT2D eigenvalue weighted by molar-refractivity contribution is 0.0987. The van der Waals surface area contributed by atoms with E-state index in [0.717, 1.165) is 40.3 Å². The van der Waals surface area contributed by atoms with Crippen molar-refractivity contribution in [3.8, 4) is 10.4 Å². The molecule has 0 bridgehead atoms. The van der Waals surface area contributed by atoms with Crippen molar-refractivity contribution < 1.29 is 9.90 Å². The zero-order valence-corrected chi connectivity index (χ0v) is 16.8. The first kappa shape index (κ1) is 18.4. The highest BCUT2D eigenvalue weighted by molar-refractivity contribution is 7.15. The maximum atomic E-state index is 13.2. The van der Waals surface area contributed by atoms with Gasteiger partial charge in [0.25, 0.3) is 5.91 Å². The number of nitrogen functional groups attached to an aromatic ring is 1. The summed E-state index contributed by atoms with van der Waals surface area (Å²) in [6.07, 6.45) is 2.39. The first-order valence-electron chi connectivity index (χ1n) is 9.93. The van der Waals surface area contributed by atoms with Crippen LogP contribution in [0, 0.1) is 0 Å². The van der Waals surface area contributed by atoms with Crippen LogP contribution >= 0.6 is 11.3 Å². The fraction of sp³-hybridized carbons (Fsp3) is 0.261. The topological polar surface area (TPSA) is 78.6 Å². The molecule has 1 aliphatic heterocycles. The van der Waals surface area contributed by atoms with E-state index in [9.17, 15) is 9.90 Å². The predicted molar refractivity (Wildman–Crippen MR) is 117 cm³/mol. The highest BCUT2D eigenvalue weighted by Gasteiger charge is 2.29. The van der Waals surface area contributed by atoms with Gasteiger partial charge in [0, 0.05) is 39.2 Å². The summed E-state index contributed by atoms with van der Waals surface area (Å²) in [4.78, 5) is 17.2. The lowest BCUT2D eigenvalue weighted by atomic mass is 10.1. The summed E-state index contributed by atoms with van der Waals surface area (Å²) in [5.41, 5.74) is 10.2. The Hall–Kier alpha value is -2.67. The van der Waals surface area contributed by atoms with Crippen LogP contribution in [-0.2, 0) is 6.42 Å². The number of nitrogens with zero attached hydrogens (tertiary/aromatic N) is 1. The lowest BCUT2D eigenvalue weighted by Gasteiger charge is -2.23. The van der Waals surface area contributed by atoms with Gasteiger partial charge in [0.15, 0.2) is 0 Å². The molecule has 3 aromatic rings. The lowest BCUT2D eigenvalue weighted by Crippen LogP contribution is -2.32. The Balaban J connectivity index is 1.50. The molecule has 1 amide bonds. The molecule has 0 saturated heterocycles. The Morgan fingerprint density at radius 1 is 1.17 bits per heavy atom. The summed E-state index contributed by atoms with van der Waals surface area (Å²) < 4.78 is 0. The van der Waals surface area contributed by atoms with Crippen LogP contribution in [0.2, 0.25) is 0 Å². The molecule has 29 heavy (non-hydrogen) atoms. The number of anilines is 2. The van der Waals surface area contributed by atoms with E-state index in [1.165, 1.54) is 5.56 Å². The molecule has 148 valence electrons. The molecule has 5 rings (SSSR count). The second-order valence-corrected chi connectivity index (χ2v) is 8.78. The third-order valence-electron chi connectivity index (χ3n) is 5.52. The van der Waals surface area contributed by atoms with Gasteiger partial charge in [0.2, 0.25) is 0 Å². The van der Waals surface area contributed by atoms with Crippen molar-refractivity contribution >= 4 is 28.6 Å². The monoisotopic (exact) mass is 405 g/mol. The van der Waals surface area contributed by atoms with Gasteiger partial charge < -0.3 is 15.7 Å². The number of amides is 1. The van der Waals surface area contributed by atoms with Crippen molar-refractivity contribution in [1.82, 2.24) is 5.32 Å². The van der Waals surface area contributed by atoms with E-state index in [0.29, 0.717) is 23.8 Å². The third-order valence-corrected chi connectivity index (χ3v) is 6.78. The number of hydrogen-bond donors (Lipinski definition) is 3. The molecule has 1 atom stereocenters. The predicted octanol–water partition coefficient (Wildman–Crippen LogP) is 3.94. The van der Waals surface area contributed by atoms with E-state index in [1.807, 2.05) is 23.1 Å². The fourth-order valence-corrected chi connectivity index (χ4v) is 4.99. The van der Waals surface area contributed by atoms with Crippen molar-refractivity contribution in [2.24, 2.45) is 0 Å². The summed E-state index contributed by atoms with van der Waals surface area (Å²) in [5.74, 6) is -0.0248. The Bertz CT molecular complexity index is 1060. The average Bonchev–Trinajstić information content (AvgIpc) is 3.47. The third kappa shape index (κ3) is 3.55. The van der Waals surface area contributed by atoms with Crippen molar-refractivity contribution in [3.05, 3.63) is 70.6 Å². The minimum atomic E-state index is -0.626. The maximum Gasteiger partial charge on any atom is 0.258 e. The first-order chi connectivity index (χ1) is 14.1. The number of aliphatic hydroxyl groups excluding tert-OH is 1. The summed E-state index contributed by atoms with van der Waals surface area (Å²) in [5, 5.41) is 13.8. The van der Waals surface area contributed by atoms with E-state index in [-0.39, 0.29) is 5.91 Å².